The molecule has 4 heteroatoms. The first-order valence-electron chi connectivity index (χ1n) is 7.49. The average Bonchev–Trinajstić information content (AvgIpc) is 2.35. The molecule has 0 radical (unpaired) electrons. The number of rotatable bonds is 12. The minimum absolute atomic E-state index is 0.0828. The molecular formula is C15H31NO3. The van der Waals surface area contributed by atoms with Gasteiger partial charge in [0, 0.05) is 19.6 Å². The summed E-state index contributed by atoms with van der Waals surface area (Å²) < 4.78 is 4.88. The lowest BCUT2D eigenvalue weighted by molar-refractivity contribution is -0.143. The molecule has 114 valence electrons. The Kier molecular flexibility index (Phi) is 10.9. The van der Waals surface area contributed by atoms with Gasteiger partial charge in [0.25, 0.3) is 0 Å². The van der Waals surface area contributed by atoms with Gasteiger partial charge in [-0.05, 0) is 44.6 Å². The summed E-state index contributed by atoms with van der Waals surface area (Å²) in [7, 11) is 0. The van der Waals surface area contributed by atoms with Crippen molar-refractivity contribution < 1.29 is 14.6 Å². The number of nitrogens with one attached hydrogen (secondary N) is 1. The summed E-state index contributed by atoms with van der Waals surface area (Å²) in [5, 5.41) is 12.3. The molecule has 0 aliphatic rings. The van der Waals surface area contributed by atoms with Crippen LogP contribution in [0.15, 0.2) is 0 Å². The lowest BCUT2D eigenvalue weighted by Crippen LogP contribution is -2.30. The van der Waals surface area contributed by atoms with Gasteiger partial charge in [-0.15, -0.1) is 0 Å². The van der Waals surface area contributed by atoms with E-state index in [-0.39, 0.29) is 18.0 Å². The van der Waals surface area contributed by atoms with Crippen LogP contribution in [-0.4, -0.2) is 37.4 Å². The van der Waals surface area contributed by atoms with E-state index in [1.807, 2.05) is 6.92 Å². The predicted octanol–water partition coefficient (Wildman–Crippen LogP) is 2.50. The molecule has 0 saturated heterocycles. The lowest BCUT2D eigenvalue weighted by Gasteiger charge is -2.24. The molecule has 19 heavy (non-hydrogen) atoms. The zero-order valence-corrected chi connectivity index (χ0v) is 12.8. The van der Waals surface area contributed by atoms with Gasteiger partial charge in [-0.1, -0.05) is 20.3 Å². The summed E-state index contributed by atoms with van der Waals surface area (Å²) in [6, 6.07) is 0. The van der Waals surface area contributed by atoms with Crippen LogP contribution in [0.1, 0.15) is 59.3 Å². The van der Waals surface area contributed by atoms with E-state index in [1.54, 1.807) is 0 Å². The maximum absolute atomic E-state index is 11.1. The minimum Gasteiger partial charge on any atom is -0.466 e. The van der Waals surface area contributed by atoms with Gasteiger partial charge < -0.3 is 15.2 Å². The second kappa shape index (κ2) is 11.2. The third-order valence-electron chi connectivity index (χ3n) is 3.16. The quantitative estimate of drug-likeness (QED) is 0.424. The van der Waals surface area contributed by atoms with Crippen molar-refractivity contribution in [2.45, 2.75) is 59.3 Å². The van der Waals surface area contributed by atoms with E-state index in [9.17, 15) is 4.79 Å². The van der Waals surface area contributed by atoms with Gasteiger partial charge in [0.1, 0.15) is 0 Å². The van der Waals surface area contributed by atoms with Crippen molar-refractivity contribution in [3.8, 4) is 0 Å². The third kappa shape index (κ3) is 12.2. The summed E-state index contributed by atoms with van der Waals surface area (Å²) in [5.41, 5.74) is 0.244. The van der Waals surface area contributed by atoms with Gasteiger partial charge in [-0.2, -0.15) is 0 Å². The topological polar surface area (TPSA) is 58.6 Å². The first-order valence-corrected chi connectivity index (χ1v) is 7.49. The Morgan fingerprint density at radius 2 is 1.95 bits per heavy atom. The molecule has 2 N–H and O–H groups in total. The number of aliphatic hydroxyl groups is 1. The van der Waals surface area contributed by atoms with Gasteiger partial charge >= 0.3 is 5.97 Å². The molecule has 0 aromatic heterocycles. The zero-order chi connectivity index (χ0) is 14.6. The first kappa shape index (κ1) is 18.4. The number of ether oxygens (including phenoxy) is 1. The fourth-order valence-corrected chi connectivity index (χ4v) is 2.00. The van der Waals surface area contributed by atoms with Crippen LogP contribution in [0.4, 0.5) is 0 Å². The van der Waals surface area contributed by atoms with Crippen molar-refractivity contribution in [2.24, 2.45) is 5.41 Å². The highest BCUT2D eigenvalue weighted by Gasteiger charge is 2.16. The van der Waals surface area contributed by atoms with Crippen LogP contribution in [0.5, 0.6) is 0 Å². The normalized spacial score (nSPS) is 11.6. The van der Waals surface area contributed by atoms with Crippen molar-refractivity contribution >= 4 is 5.97 Å². The zero-order valence-electron chi connectivity index (χ0n) is 12.8. The Balaban J connectivity index is 3.37. The maximum atomic E-state index is 11.1. The first-order chi connectivity index (χ1) is 9.02. The summed E-state index contributed by atoms with van der Waals surface area (Å²) in [5.74, 6) is -0.0828. The standard InChI is InChI=1S/C15H31NO3/c1-4-19-14(18)9-6-5-7-11-16-13-15(2,3)10-8-12-17/h16-17H,4-13H2,1-3H3. The number of carbonyl (C=O) groups excluding carboxylic acids is 1. The Morgan fingerprint density at radius 1 is 1.21 bits per heavy atom. The molecule has 0 saturated carbocycles. The summed E-state index contributed by atoms with van der Waals surface area (Å²) in [6.07, 6.45) is 5.51. The summed E-state index contributed by atoms with van der Waals surface area (Å²) >= 11 is 0. The van der Waals surface area contributed by atoms with Crippen molar-refractivity contribution in [2.75, 3.05) is 26.3 Å². The number of hydrogen-bond acceptors (Lipinski definition) is 4. The smallest absolute Gasteiger partial charge is 0.305 e. The van der Waals surface area contributed by atoms with E-state index in [0.29, 0.717) is 13.0 Å². The Labute approximate surface area is 117 Å². The molecular weight excluding hydrogens is 242 g/mol. The van der Waals surface area contributed by atoms with Gasteiger partial charge in [-0.25, -0.2) is 0 Å². The minimum atomic E-state index is -0.0828. The maximum Gasteiger partial charge on any atom is 0.305 e. The summed E-state index contributed by atoms with van der Waals surface area (Å²) in [4.78, 5) is 11.1. The fraction of sp³-hybridized carbons (Fsp3) is 0.933. The van der Waals surface area contributed by atoms with E-state index in [4.69, 9.17) is 9.84 Å². The van der Waals surface area contributed by atoms with Crippen LogP contribution in [0.2, 0.25) is 0 Å². The molecule has 0 spiro atoms. The molecule has 0 bridgehead atoms. The van der Waals surface area contributed by atoms with Crippen LogP contribution < -0.4 is 5.32 Å². The third-order valence-corrected chi connectivity index (χ3v) is 3.16. The van der Waals surface area contributed by atoms with E-state index in [1.165, 1.54) is 0 Å². The summed E-state index contributed by atoms with van der Waals surface area (Å²) in [6.45, 7) is 8.99. The molecule has 0 heterocycles. The van der Waals surface area contributed by atoms with Crippen molar-refractivity contribution in [3.05, 3.63) is 0 Å². The molecule has 0 aliphatic carbocycles. The van der Waals surface area contributed by atoms with Crippen molar-refractivity contribution in [1.29, 1.82) is 0 Å². The van der Waals surface area contributed by atoms with Crippen molar-refractivity contribution in [3.63, 3.8) is 0 Å². The van der Waals surface area contributed by atoms with Crippen molar-refractivity contribution in [1.82, 2.24) is 5.32 Å². The highest BCUT2D eigenvalue weighted by molar-refractivity contribution is 5.69. The molecule has 0 fully saturated rings. The highest BCUT2D eigenvalue weighted by atomic mass is 16.5. The Bertz CT molecular complexity index is 229. The van der Waals surface area contributed by atoms with Crippen LogP contribution >= 0.6 is 0 Å². The molecule has 0 aromatic carbocycles. The number of carbonyl (C=O) groups is 1. The predicted molar refractivity (Wildman–Crippen MR) is 78.1 cm³/mol. The van der Waals surface area contributed by atoms with Crippen LogP contribution in [0.25, 0.3) is 0 Å². The number of aliphatic hydroxyl groups excluding tert-OH is 1. The van der Waals surface area contributed by atoms with E-state index < -0.39 is 0 Å². The van der Waals surface area contributed by atoms with Gasteiger partial charge in [0.2, 0.25) is 0 Å². The van der Waals surface area contributed by atoms with E-state index in [2.05, 4.69) is 19.2 Å². The van der Waals surface area contributed by atoms with Gasteiger partial charge in [0.05, 0.1) is 6.61 Å². The lowest BCUT2D eigenvalue weighted by atomic mass is 9.88. The molecule has 0 atom stereocenters. The van der Waals surface area contributed by atoms with E-state index in [0.717, 1.165) is 45.2 Å². The largest absolute Gasteiger partial charge is 0.466 e. The second-order valence-corrected chi connectivity index (χ2v) is 5.78. The van der Waals surface area contributed by atoms with Crippen LogP contribution in [-0.2, 0) is 9.53 Å². The number of hydrogen-bond donors (Lipinski definition) is 2. The fourth-order valence-electron chi connectivity index (χ4n) is 2.00. The molecule has 0 aromatic rings. The number of unbranched alkanes of at least 4 members (excludes halogenated alkanes) is 2. The van der Waals surface area contributed by atoms with E-state index >= 15 is 0 Å². The molecule has 0 unspecified atom stereocenters. The van der Waals surface area contributed by atoms with Crippen LogP contribution in [0, 0.1) is 5.41 Å². The average molecular weight is 273 g/mol. The molecule has 0 amide bonds. The Morgan fingerprint density at radius 3 is 2.58 bits per heavy atom. The highest BCUT2D eigenvalue weighted by Crippen LogP contribution is 2.20. The SMILES string of the molecule is CCOC(=O)CCCCCNCC(C)(C)CCCO. The molecule has 4 nitrogen and oxygen atoms in total. The van der Waals surface area contributed by atoms with Crippen LogP contribution in [0.3, 0.4) is 0 Å². The Hall–Kier alpha value is -0.610. The monoisotopic (exact) mass is 273 g/mol. The van der Waals surface area contributed by atoms with Gasteiger partial charge in [-0.3, -0.25) is 4.79 Å². The van der Waals surface area contributed by atoms with Gasteiger partial charge in [0.15, 0.2) is 0 Å². The number of esters is 1. The second-order valence-electron chi connectivity index (χ2n) is 5.78. The molecule has 0 aliphatic heterocycles. The molecule has 0 rings (SSSR count).